The molecule has 14 heavy (non-hydrogen) atoms. The first kappa shape index (κ1) is 10.7. The van der Waals surface area contributed by atoms with E-state index in [0.717, 1.165) is 5.56 Å². The third-order valence-electron chi connectivity index (χ3n) is 1.87. The summed E-state index contributed by atoms with van der Waals surface area (Å²) in [6.07, 6.45) is -0.780. The van der Waals surface area contributed by atoms with Crippen LogP contribution in [0.2, 0.25) is 0 Å². The first-order chi connectivity index (χ1) is 6.77. The minimum absolute atomic E-state index is 0.164. The molecule has 1 atom stereocenters. The lowest BCUT2D eigenvalue weighted by atomic mass is 10.1. The lowest BCUT2D eigenvalue weighted by Gasteiger charge is -2.09. The Labute approximate surface area is 82.4 Å². The molecule has 0 radical (unpaired) electrons. The van der Waals surface area contributed by atoms with Crippen LogP contribution in [0.5, 0.6) is 0 Å². The van der Waals surface area contributed by atoms with Gasteiger partial charge in [0, 0.05) is 13.5 Å². The van der Waals surface area contributed by atoms with Crippen LogP contribution < -0.4 is 0 Å². The van der Waals surface area contributed by atoms with Crippen LogP contribution in [0.25, 0.3) is 0 Å². The molecule has 1 aromatic carbocycles. The van der Waals surface area contributed by atoms with Crippen LogP contribution in [0.3, 0.4) is 0 Å². The number of rotatable bonds is 4. The van der Waals surface area contributed by atoms with E-state index < -0.39 is 6.29 Å². The van der Waals surface area contributed by atoms with Crippen molar-refractivity contribution >= 4 is 5.71 Å². The predicted molar refractivity (Wildman–Crippen MR) is 52.4 cm³/mol. The maximum Gasteiger partial charge on any atom is 0.159 e. The number of nitrogens with zero attached hydrogens (tertiary/aromatic N) is 1. The maximum absolute atomic E-state index is 9.21. The molecule has 0 aliphatic rings. The van der Waals surface area contributed by atoms with Crippen LogP contribution in [0.15, 0.2) is 35.5 Å². The molecule has 0 fully saturated rings. The van der Waals surface area contributed by atoms with Crippen molar-refractivity contribution in [2.45, 2.75) is 12.7 Å². The molecule has 1 aromatic rings. The summed E-state index contributed by atoms with van der Waals surface area (Å²) in [5.74, 6) is 0. The normalized spacial score (nSPS) is 14.0. The highest BCUT2D eigenvalue weighted by Crippen LogP contribution is 2.06. The number of methoxy groups -OCH3 is 1. The number of benzene rings is 1. The fraction of sp³-hybridized carbons (Fsp3) is 0.300. The lowest BCUT2D eigenvalue weighted by Crippen LogP contribution is -2.16. The molecular weight excluding hydrogens is 182 g/mol. The number of oxime groups is 1. The van der Waals surface area contributed by atoms with Gasteiger partial charge in [-0.25, -0.2) is 0 Å². The summed E-state index contributed by atoms with van der Waals surface area (Å²) in [4.78, 5) is 0. The van der Waals surface area contributed by atoms with E-state index in [1.807, 2.05) is 18.2 Å². The second kappa shape index (κ2) is 5.36. The molecule has 1 unspecified atom stereocenters. The second-order valence-corrected chi connectivity index (χ2v) is 2.81. The molecule has 0 spiro atoms. The SMILES string of the molecule is COC(O)C/C(=N/O)c1ccccc1. The Kier molecular flexibility index (Phi) is 4.10. The Hall–Kier alpha value is -1.39. The molecule has 0 heterocycles. The first-order valence-electron chi connectivity index (χ1n) is 4.25. The van der Waals surface area contributed by atoms with E-state index in [1.54, 1.807) is 12.1 Å². The van der Waals surface area contributed by atoms with Crippen LogP contribution in [-0.4, -0.2) is 29.4 Å². The summed E-state index contributed by atoms with van der Waals surface area (Å²) in [6, 6.07) is 9.14. The molecule has 4 nitrogen and oxygen atoms in total. The van der Waals surface area contributed by atoms with E-state index in [4.69, 9.17) is 5.21 Å². The molecular formula is C10H13NO3. The van der Waals surface area contributed by atoms with Crippen molar-refractivity contribution in [2.24, 2.45) is 5.16 Å². The molecule has 2 N–H and O–H groups in total. The third-order valence-corrected chi connectivity index (χ3v) is 1.87. The van der Waals surface area contributed by atoms with E-state index in [2.05, 4.69) is 9.89 Å². The number of aliphatic hydroxyl groups is 1. The summed E-state index contributed by atoms with van der Waals surface area (Å²) in [7, 11) is 1.39. The van der Waals surface area contributed by atoms with E-state index in [-0.39, 0.29) is 6.42 Å². The highest BCUT2D eigenvalue weighted by Gasteiger charge is 2.09. The second-order valence-electron chi connectivity index (χ2n) is 2.81. The fourth-order valence-electron chi connectivity index (χ4n) is 1.10. The Bertz CT molecular complexity index is 297. The zero-order chi connectivity index (χ0) is 10.4. The molecule has 0 bridgehead atoms. The Morgan fingerprint density at radius 2 is 2.07 bits per heavy atom. The minimum Gasteiger partial charge on any atom is -0.411 e. The van der Waals surface area contributed by atoms with Gasteiger partial charge in [-0.1, -0.05) is 35.5 Å². The van der Waals surface area contributed by atoms with Crippen molar-refractivity contribution in [3.05, 3.63) is 35.9 Å². The smallest absolute Gasteiger partial charge is 0.159 e. The van der Waals surface area contributed by atoms with Crippen molar-refractivity contribution in [2.75, 3.05) is 7.11 Å². The van der Waals surface area contributed by atoms with Crippen molar-refractivity contribution in [1.29, 1.82) is 0 Å². The van der Waals surface area contributed by atoms with Gasteiger partial charge < -0.3 is 15.1 Å². The van der Waals surface area contributed by atoms with Crippen LogP contribution in [0.1, 0.15) is 12.0 Å². The lowest BCUT2D eigenvalue weighted by molar-refractivity contribution is -0.0673. The zero-order valence-electron chi connectivity index (χ0n) is 7.92. The van der Waals surface area contributed by atoms with Gasteiger partial charge in [0.15, 0.2) is 6.29 Å². The molecule has 0 saturated carbocycles. The van der Waals surface area contributed by atoms with E-state index in [9.17, 15) is 5.11 Å². The Balaban J connectivity index is 2.74. The standard InChI is InChI=1S/C10H13NO3/c1-14-10(12)7-9(11-13)8-5-3-2-4-6-8/h2-6,10,12-13H,7H2,1H3/b11-9-. The zero-order valence-corrected chi connectivity index (χ0v) is 7.92. The minimum atomic E-state index is -0.943. The third kappa shape index (κ3) is 2.83. The van der Waals surface area contributed by atoms with Gasteiger partial charge in [-0.2, -0.15) is 0 Å². The monoisotopic (exact) mass is 195 g/mol. The van der Waals surface area contributed by atoms with Crippen LogP contribution in [-0.2, 0) is 4.74 Å². The fourth-order valence-corrected chi connectivity index (χ4v) is 1.10. The molecule has 1 rings (SSSR count). The Morgan fingerprint density at radius 3 is 2.57 bits per heavy atom. The van der Waals surface area contributed by atoms with Gasteiger partial charge in [0.25, 0.3) is 0 Å². The number of hydrogen-bond acceptors (Lipinski definition) is 4. The highest BCUT2D eigenvalue weighted by atomic mass is 16.6. The number of hydrogen-bond donors (Lipinski definition) is 2. The van der Waals surface area contributed by atoms with Crippen molar-refractivity contribution in [3.63, 3.8) is 0 Å². The van der Waals surface area contributed by atoms with Crippen molar-refractivity contribution in [3.8, 4) is 0 Å². The summed E-state index contributed by atoms with van der Waals surface area (Å²) in [5.41, 5.74) is 1.17. The van der Waals surface area contributed by atoms with Crippen molar-refractivity contribution < 1.29 is 15.1 Å². The van der Waals surface area contributed by atoms with Gasteiger partial charge in [-0.3, -0.25) is 0 Å². The van der Waals surface area contributed by atoms with E-state index in [1.165, 1.54) is 7.11 Å². The number of aliphatic hydroxyl groups excluding tert-OH is 1. The first-order valence-corrected chi connectivity index (χ1v) is 4.25. The van der Waals surface area contributed by atoms with Gasteiger partial charge >= 0.3 is 0 Å². The van der Waals surface area contributed by atoms with E-state index >= 15 is 0 Å². The van der Waals surface area contributed by atoms with Gasteiger partial charge in [-0.05, 0) is 5.56 Å². The molecule has 0 aliphatic carbocycles. The van der Waals surface area contributed by atoms with Gasteiger partial charge in [0.2, 0.25) is 0 Å². The quantitative estimate of drug-likeness (QED) is 0.328. The summed E-state index contributed by atoms with van der Waals surface area (Å²) < 4.78 is 4.67. The van der Waals surface area contributed by atoms with Gasteiger partial charge in [-0.15, -0.1) is 0 Å². The summed E-state index contributed by atoms with van der Waals surface area (Å²) in [6.45, 7) is 0. The van der Waals surface area contributed by atoms with Crippen molar-refractivity contribution in [1.82, 2.24) is 0 Å². The number of ether oxygens (including phenoxy) is 1. The van der Waals surface area contributed by atoms with Crippen LogP contribution in [0.4, 0.5) is 0 Å². The molecule has 0 saturated heterocycles. The van der Waals surface area contributed by atoms with Crippen LogP contribution in [0, 0.1) is 0 Å². The van der Waals surface area contributed by atoms with Gasteiger partial charge in [0.1, 0.15) is 0 Å². The average Bonchev–Trinajstić information content (AvgIpc) is 2.26. The molecule has 0 aliphatic heterocycles. The largest absolute Gasteiger partial charge is 0.411 e. The van der Waals surface area contributed by atoms with Crippen LogP contribution >= 0.6 is 0 Å². The average molecular weight is 195 g/mol. The summed E-state index contributed by atoms with van der Waals surface area (Å²) >= 11 is 0. The highest BCUT2D eigenvalue weighted by molar-refractivity contribution is 6.00. The molecule has 4 heteroatoms. The topological polar surface area (TPSA) is 62.0 Å². The Morgan fingerprint density at radius 1 is 1.43 bits per heavy atom. The van der Waals surface area contributed by atoms with Gasteiger partial charge in [0.05, 0.1) is 5.71 Å². The maximum atomic E-state index is 9.21. The predicted octanol–water partition coefficient (Wildman–Crippen LogP) is 1.22. The molecule has 0 aromatic heterocycles. The molecule has 0 amide bonds. The van der Waals surface area contributed by atoms with E-state index in [0.29, 0.717) is 5.71 Å². The summed E-state index contributed by atoms with van der Waals surface area (Å²) in [5, 5.41) is 21.1. The molecule has 76 valence electrons.